The zero-order valence-electron chi connectivity index (χ0n) is 15.7. The molecule has 3 rings (SSSR count). The number of nitrogens with one attached hydrogen (secondary N) is 1. The molecule has 0 bridgehead atoms. The fraction of sp³-hybridized carbons (Fsp3) is 0.300. The summed E-state index contributed by atoms with van der Waals surface area (Å²) in [5.74, 6) is -1.25. The number of esters is 1. The fourth-order valence-electron chi connectivity index (χ4n) is 2.93. The molecule has 0 radical (unpaired) electrons. The molecule has 1 aliphatic rings. The lowest BCUT2D eigenvalue weighted by atomic mass is 10.1. The van der Waals surface area contributed by atoms with Gasteiger partial charge in [-0.25, -0.2) is 4.79 Å². The van der Waals surface area contributed by atoms with Crippen molar-refractivity contribution in [3.63, 3.8) is 0 Å². The van der Waals surface area contributed by atoms with E-state index in [1.54, 1.807) is 0 Å². The Morgan fingerprint density at radius 2 is 1.86 bits per heavy atom. The molecule has 9 heteroatoms. The van der Waals surface area contributed by atoms with E-state index in [4.69, 9.17) is 9.47 Å². The molecule has 0 unspecified atom stereocenters. The number of rotatable bonds is 7. The van der Waals surface area contributed by atoms with Crippen molar-refractivity contribution < 1.29 is 24.0 Å². The summed E-state index contributed by atoms with van der Waals surface area (Å²) in [6, 6.07) is 13.5. The van der Waals surface area contributed by atoms with E-state index in [1.807, 2.05) is 35.2 Å². The molecule has 1 fully saturated rings. The van der Waals surface area contributed by atoms with Crippen molar-refractivity contribution in [2.75, 3.05) is 37.8 Å². The van der Waals surface area contributed by atoms with Crippen molar-refractivity contribution in [3.05, 3.63) is 69.8 Å². The van der Waals surface area contributed by atoms with Crippen LogP contribution in [0.2, 0.25) is 0 Å². The lowest BCUT2D eigenvalue weighted by Gasteiger charge is -2.28. The van der Waals surface area contributed by atoms with Crippen LogP contribution in [0.3, 0.4) is 0 Å². The number of anilines is 1. The number of nitrogens with zero attached hydrogens (tertiary/aromatic N) is 2. The number of carbonyl (C=O) groups excluding carboxylic acids is 2. The summed E-state index contributed by atoms with van der Waals surface area (Å²) >= 11 is 0. The average Bonchev–Trinajstić information content (AvgIpc) is 2.77. The summed E-state index contributed by atoms with van der Waals surface area (Å²) in [5.41, 5.74) is 1.18. The molecular formula is C20H21N3O6. The highest BCUT2D eigenvalue weighted by Gasteiger charge is 2.24. The Morgan fingerprint density at radius 1 is 1.14 bits per heavy atom. The number of morpholine rings is 1. The van der Waals surface area contributed by atoms with Crippen LogP contribution in [-0.2, 0) is 20.8 Å². The molecule has 1 N–H and O–H groups in total. The molecule has 29 heavy (non-hydrogen) atoms. The van der Waals surface area contributed by atoms with Gasteiger partial charge in [0.2, 0.25) is 0 Å². The molecule has 0 saturated carbocycles. The maximum absolute atomic E-state index is 12.2. The van der Waals surface area contributed by atoms with Gasteiger partial charge < -0.3 is 19.7 Å². The summed E-state index contributed by atoms with van der Waals surface area (Å²) in [6.07, 6.45) is 0. The Morgan fingerprint density at radius 3 is 2.55 bits per heavy atom. The van der Waals surface area contributed by atoms with Crippen LogP contribution in [0.4, 0.5) is 11.4 Å². The predicted molar refractivity (Wildman–Crippen MR) is 105 cm³/mol. The Kier molecular flexibility index (Phi) is 6.75. The van der Waals surface area contributed by atoms with Gasteiger partial charge in [-0.3, -0.25) is 14.9 Å². The van der Waals surface area contributed by atoms with E-state index in [2.05, 4.69) is 5.32 Å². The van der Waals surface area contributed by atoms with Gasteiger partial charge in [0.15, 0.2) is 6.61 Å². The number of ether oxygens (including phenoxy) is 2. The van der Waals surface area contributed by atoms with E-state index >= 15 is 0 Å². The highest BCUT2D eigenvalue weighted by molar-refractivity contribution is 5.93. The van der Waals surface area contributed by atoms with Crippen LogP contribution in [-0.4, -0.2) is 49.7 Å². The molecule has 1 saturated heterocycles. The van der Waals surface area contributed by atoms with Crippen LogP contribution in [0.5, 0.6) is 0 Å². The van der Waals surface area contributed by atoms with Crippen LogP contribution in [0.25, 0.3) is 0 Å². The summed E-state index contributed by atoms with van der Waals surface area (Å²) in [7, 11) is 0. The molecule has 2 aromatic rings. The third-order valence-corrected chi connectivity index (χ3v) is 4.43. The number of hydrogen-bond donors (Lipinski definition) is 1. The Hall–Kier alpha value is -3.46. The average molecular weight is 399 g/mol. The number of nitro groups is 1. The van der Waals surface area contributed by atoms with Gasteiger partial charge in [0.05, 0.1) is 23.7 Å². The van der Waals surface area contributed by atoms with Gasteiger partial charge in [0, 0.05) is 25.7 Å². The first-order valence-electron chi connectivity index (χ1n) is 9.13. The fourth-order valence-corrected chi connectivity index (χ4v) is 2.93. The number of nitro benzene ring substituents is 1. The minimum absolute atomic E-state index is 0.0181. The first-order valence-corrected chi connectivity index (χ1v) is 9.13. The van der Waals surface area contributed by atoms with E-state index in [1.165, 1.54) is 18.2 Å². The molecule has 0 atom stereocenters. The van der Waals surface area contributed by atoms with Gasteiger partial charge in [0.25, 0.3) is 11.6 Å². The normalized spacial score (nSPS) is 13.6. The molecule has 9 nitrogen and oxygen atoms in total. The molecule has 0 spiro atoms. The van der Waals surface area contributed by atoms with Crippen molar-refractivity contribution >= 4 is 23.3 Å². The Balaban J connectivity index is 1.59. The zero-order chi connectivity index (χ0) is 20.6. The van der Waals surface area contributed by atoms with Crippen LogP contribution in [0.15, 0.2) is 48.5 Å². The number of carbonyl (C=O) groups is 2. The summed E-state index contributed by atoms with van der Waals surface area (Å²) < 4.78 is 10.3. The second kappa shape index (κ2) is 9.65. The molecule has 1 heterocycles. The highest BCUT2D eigenvalue weighted by Crippen LogP contribution is 2.30. The van der Waals surface area contributed by atoms with Gasteiger partial charge >= 0.3 is 5.97 Å². The van der Waals surface area contributed by atoms with Gasteiger partial charge in [0.1, 0.15) is 5.69 Å². The monoisotopic (exact) mass is 399 g/mol. The van der Waals surface area contributed by atoms with Crippen molar-refractivity contribution in [1.29, 1.82) is 0 Å². The van der Waals surface area contributed by atoms with Crippen LogP contribution >= 0.6 is 0 Å². The third-order valence-electron chi connectivity index (χ3n) is 4.43. The van der Waals surface area contributed by atoms with E-state index in [0.717, 1.165) is 5.56 Å². The lowest BCUT2D eigenvalue weighted by Crippen LogP contribution is -2.36. The van der Waals surface area contributed by atoms with Crippen LogP contribution in [0, 0.1) is 10.1 Å². The van der Waals surface area contributed by atoms with E-state index < -0.39 is 23.4 Å². The molecule has 1 amide bonds. The first-order chi connectivity index (χ1) is 14.0. The predicted octanol–water partition coefficient (Wildman–Crippen LogP) is 1.90. The number of hydrogen-bond acceptors (Lipinski definition) is 7. The maximum Gasteiger partial charge on any atom is 0.338 e. The molecule has 2 aromatic carbocycles. The minimum atomic E-state index is -0.795. The van der Waals surface area contributed by atoms with Crippen molar-refractivity contribution in [3.8, 4) is 0 Å². The molecule has 152 valence electrons. The minimum Gasteiger partial charge on any atom is -0.452 e. The van der Waals surface area contributed by atoms with E-state index in [9.17, 15) is 19.7 Å². The standard InChI is InChI=1S/C20H21N3O6/c24-19(21-13-15-4-2-1-3-5-15)14-29-20(25)16-6-7-17(18(12-16)23(26)27)22-8-10-28-11-9-22/h1-7,12H,8-11,13-14H2,(H,21,24). The smallest absolute Gasteiger partial charge is 0.338 e. The quantitative estimate of drug-likeness (QED) is 0.430. The molecule has 0 aliphatic carbocycles. The van der Waals surface area contributed by atoms with E-state index in [0.29, 0.717) is 38.5 Å². The van der Waals surface area contributed by atoms with Gasteiger partial charge in [-0.05, 0) is 17.7 Å². The first kappa shape index (κ1) is 20.3. The van der Waals surface area contributed by atoms with Crippen LogP contribution in [0.1, 0.15) is 15.9 Å². The third kappa shape index (κ3) is 5.52. The van der Waals surface area contributed by atoms with Crippen LogP contribution < -0.4 is 10.2 Å². The molecular weight excluding hydrogens is 378 g/mol. The number of benzene rings is 2. The van der Waals surface area contributed by atoms with Gasteiger partial charge in [-0.15, -0.1) is 0 Å². The van der Waals surface area contributed by atoms with Crippen molar-refractivity contribution in [2.45, 2.75) is 6.54 Å². The second-order valence-electron chi connectivity index (χ2n) is 6.40. The Labute approximate surface area is 167 Å². The summed E-state index contributed by atoms with van der Waals surface area (Å²) in [5, 5.41) is 14.1. The largest absolute Gasteiger partial charge is 0.452 e. The maximum atomic E-state index is 12.2. The molecule has 1 aliphatic heterocycles. The Bertz CT molecular complexity index is 881. The SMILES string of the molecule is O=C(COC(=O)c1ccc(N2CCOCC2)c([N+](=O)[O-])c1)NCc1ccccc1. The summed E-state index contributed by atoms with van der Waals surface area (Å²) in [4.78, 5) is 36.9. The van der Waals surface area contributed by atoms with Gasteiger partial charge in [-0.2, -0.15) is 0 Å². The number of amides is 1. The highest BCUT2D eigenvalue weighted by atomic mass is 16.6. The van der Waals surface area contributed by atoms with Crippen molar-refractivity contribution in [2.24, 2.45) is 0 Å². The zero-order valence-corrected chi connectivity index (χ0v) is 15.7. The summed E-state index contributed by atoms with van der Waals surface area (Å²) in [6.45, 7) is 1.89. The topological polar surface area (TPSA) is 111 Å². The van der Waals surface area contributed by atoms with E-state index in [-0.39, 0.29) is 11.3 Å². The molecule has 0 aromatic heterocycles. The second-order valence-corrected chi connectivity index (χ2v) is 6.40. The lowest BCUT2D eigenvalue weighted by molar-refractivity contribution is -0.384. The van der Waals surface area contributed by atoms with Crippen molar-refractivity contribution in [1.82, 2.24) is 5.32 Å². The van der Waals surface area contributed by atoms with Gasteiger partial charge in [-0.1, -0.05) is 30.3 Å².